The summed E-state index contributed by atoms with van der Waals surface area (Å²) in [4.78, 5) is 11.8. The molecule has 1 aromatic rings. The number of anilines is 1. The van der Waals surface area contributed by atoms with E-state index in [1.807, 2.05) is 13.8 Å². The minimum atomic E-state index is 0.0432. The van der Waals surface area contributed by atoms with Crippen LogP contribution in [0.1, 0.15) is 23.1 Å². The maximum absolute atomic E-state index is 11.8. The number of aryl methyl sites for hydroxylation is 3. The molecule has 0 spiro atoms. The van der Waals surface area contributed by atoms with Gasteiger partial charge in [0.05, 0.1) is 0 Å². The molecule has 0 heterocycles. The van der Waals surface area contributed by atoms with Crippen LogP contribution < -0.4 is 10.6 Å². The molecule has 3 heteroatoms. The predicted octanol–water partition coefficient (Wildman–Crippen LogP) is 2.72. The normalized spacial score (nSPS) is 10.2. The molecule has 1 amide bonds. The second-order valence-electron chi connectivity index (χ2n) is 4.56. The Hall–Kier alpha value is -1.61. The Morgan fingerprint density at radius 2 is 1.89 bits per heavy atom. The summed E-state index contributed by atoms with van der Waals surface area (Å²) in [6.45, 7) is 11.1. The van der Waals surface area contributed by atoms with Crippen molar-refractivity contribution in [2.24, 2.45) is 0 Å². The molecule has 98 valence electrons. The zero-order chi connectivity index (χ0) is 13.5. The van der Waals surface area contributed by atoms with Crippen molar-refractivity contribution in [2.45, 2.75) is 27.2 Å². The highest BCUT2D eigenvalue weighted by Crippen LogP contribution is 2.21. The maximum Gasteiger partial charge on any atom is 0.225 e. The molecule has 3 nitrogen and oxygen atoms in total. The largest absolute Gasteiger partial charge is 0.326 e. The van der Waals surface area contributed by atoms with Crippen LogP contribution in [0.2, 0.25) is 0 Å². The van der Waals surface area contributed by atoms with Crippen LogP contribution in [-0.4, -0.2) is 19.0 Å². The van der Waals surface area contributed by atoms with Gasteiger partial charge >= 0.3 is 0 Å². The van der Waals surface area contributed by atoms with E-state index in [-0.39, 0.29) is 5.91 Å². The summed E-state index contributed by atoms with van der Waals surface area (Å²) in [5.41, 5.74) is 4.38. The molecule has 0 aliphatic rings. The summed E-state index contributed by atoms with van der Waals surface area (Å²) in [5, 5.41) is 6.09. The molecular weight excluding hydrogens is 224 g/mol. The van der Waals surface area contributed by atoms with E-state index in [0.717, 1.165) is 23.4 Å². The summed E-state index contributed by atoms with van der Waals surface area (Å²) < 4.78 is 0. The van der Waals surface area contributed by atoms with Crippen molar-refractivity contribution >= 4 is 11.6 Å². The van der Waals surface area contributed by atoms with E-state index < -0.39 is 0 Å². The van der Waals surface area contributed by atoms with Gasteiger partial charge in [-0.3, -0.25) is 4.79 Å². The molecule has 0 aliphatic carbocycles. The smallest absolute Gasteiger partial charge is 0.225 e. The Labute approximate surface area is 109 Å². The van der Waals surface area contributed by atoms with Crippen molar-refractivity contribution in [3.63, 3.8) is 0 Å². The Kier molecular flexibility index (Phi) is 5.59. The maximum atomic E-state index is 11.8. The molecule has 0 aliphatic heterocycles. The first-order valence-electron chi connectivity index (χ1n) is 6.24. The van der Waals surface area contributed by atoms with Crippen LogP contribution >= 0.6 is 0 Å². The van der Waals surface area contributed by atoms with Crippen molar-refractivity contribution in [1.82, 2.24) is 5.32 Å². The van der Waals surface area contributed by atoms with Gasteiger partial charge < -0.3 is 10.6 Å². The molecule has 0 saturated carbocycles. The summed E-state index contributed by atoms with van der Waals surface area (Å²) >= 11 is 0. The minimum absolute atomic E-state index is 0.0432. The summed E-state index contributed by atoms with van der Waals surface area (Å²) in [6, 6.07) is 4.16. The highest BCUT2D eigenvalue weighted by atomic mass is 16.1. The van der Waals surface area contributed by atoms with E-state index in [4.69, 9.17) is 0 Å². The van der Waals surface area contributed by atoms with Gasteiger partial charge in [0.25, 0.3) is 0 Å². The van der Waals surface area contributed by atoms with Crippen molar-refractivity contribution < 1.29 is 4.79 Å². The number of amides is 1. The van der Waals surface area contributed by atoms with Crippen molar-refractivity contribution in [2.75, 3.05) is 18.4 Å². The highest BCUT2D eigenvalue weighted by Gasteiger charge is 2.07. The quantitative estimate of drug-likeness (QED) is 0.598. The highest BCUT2D eigenvalue weighted by molar-refractivity contribution is 5.92. The predicted molar refractivity (Wildman–Crippen MR) is 77.0 cm³/mol. The van der Waals surface area contributed by atoms with Crippen molar-refractivity contribution in [3.8, 4) is 0 Å². The molecular formula is C15H22N2O. The van der Waals surface area contributed by atoms with Gasteiger partial charge in [-0.05, 0) is 31.9 Å². The number of hydrogen-bond donors (Lipinski definition) is 2. The number of rotatable bonds is 6. The number of carbonyl (C=O) groups is 1. The number of hydrogen-bond acceptors (Lipinski definition) is 2. The molecule has 1 aromatic carbocycles. The first-order chi connectivity index (χ1) is 8.54. The zero-order valence-corrected chi connectivity index (χ0v) is 11.5. The third-order valence-electron chi connectivity index (χ3n) is 2.76. The Bertz CT molecular complexity index is 415. The summed E-state index contributed by atoms with van der Waals surface area (Å²) in [5.74, 6) is 0.0432. The van der Waals surface area contributed by atoms with E-state index in [1.54, 1.807) is 6.08 Å². The van der Waals surface area contributed by atoms with E-state index >= 15 is 0 Å². The summed E-state index contributed by atoms with van der Waals surface area (Å²) in [6.07, 6.45) is 2.26. The molecule has 0 bridgehead atoms. The Balaban J connectivity index is 2.56. The van der Waals surface area contributed by atoms with Crippen molar-refractivity contribution in [3.05, 3.63) is 41.5 Å². The monoisotopic (exact) mass is 246 g/mol. The zero-order valence-electron chi connectivity index (χ0n) is 11.5. The molecule has 1 rings (SSSR count). The first-order valence-corrected chi connectivity index (χ1v) is 6.24. The van der Waals surface area contributed by atoms with Crippen LogP contribution in [0.25, 0.3) is 0 Å². The van der Waals surface area contributed by atoms with Gasteiger partial charge in [-0.1, -0.05) is 23.8 Å². The van der Waals surface area contributed by atoms with Crippen LogP contribution in [0.4, 0.5) is 5.69 Å². The van der Waals surface area contributed by atoms with Crippen LogP contribution in [-0.2, 0) is 4.79 Å². The number of nitrogens with one attached hydrogen (secondary N) is 2. The van der Waals surface area contributed by atoms with Gasteiger partial charge in [-0.15, -0.1) is 6.58 Å². The average Bonchev–Trinajstić information content (AvgIpc) is 2.29. The number of benzene rings is 1. The van der Waals surface area contributed by atoms with Gasteiger partial charge in [0.2, 0.25) is 5.91 Å². The minimum Gasteiger partial charge on any atom is -0.326 e. The fourth-order valence-electron chi connectivity index (χ4n) is 1.99. The molecule has 0 saturated heterocycles. The number of carbonyl (C=O) groups excluding carboxylic acids is 1. The molecule has 0 radical (unpaired) electrons. The van der Waals surface area contributed by atoms with Gasteiger partial charge in [0.15, 0.2) is 0 Å². The standard InChI is InChI=1S/C15H22N2O/c1-5-7-16-8-6-14(18)17-15-12(3)9-11(2)10-13(15)4/h5,9-10,16H,1,6-8H2,2-4H3,(H,17,18). The molecule has 18 heavy (non-hydrogen) atoms. The Morgan fingerprint density at radius 3 is 2.44 bits per heavy atom. The van der Waals surface area contributed by atoms with Crippen LogP contribution in [0.15, 0.2) is 24.8 Å². The molecule has 0 aromatic heterocycles. The molecule has 0 atom stereocenters. The van der Waals surface area contributed by atoms with Gasteiger partial charge in [0.1, 0.15) is 0 Å². The van der Waals surface area contributed by atoms with E-state index in [9.17, 15) is 4.79 Å². The lowest BCUT2D eigenvalue weighted by atomic mass is 10.1. The second kappa shape index (κ2) is 6.97. The third kappa shape index (κ3) is 4.34. The van der Waals surface area contributed by atoms with Crippen molar-refractivity contribution in [1.29, 1.82) is 0 Å². The van der Waals surface area contributed by atoms with Crippen LogP contribution in [0.5, 0.6) is 0 Å². The van der Waals surface area contributed by atoms with E-state index in [0.29, 0.717) is 13.0 Å². The summed E-state index contributed by atoms with van der Waals surface area (Å²) in [7, 11) is 0. The van der Waals surface area contributed by atoms with Gasteiger partial charge in [-0.2, -0.15) is 0 Å². The fraction of sp³-hybridized carbons (Fsp3) is 0.400. The lowest BCUT2D eigenvalue weighted by molar-refractivity contribution is -0.116. The van der Waals surface area contributed by atoms with Gasteiger partial charge in [-0.25, -0.2) is 0 Å². The molecule has 0 fully saturated rings. The SMILES string of the molecule is C=CCNCCC(=O)Nc1c(C)cc(C)cc1C. The molecule has 0 unspecified atom stereocenters. The van der Waals surface area contributed by atoms with Crippen LogP contribution in [0.3, 0.4) is 0 Å². The lowest BCUT2D eigenvalue weighted by Crippen LogP contribution is -2.22. The average molecular weight is 246 g/mol. The second-order valence-corrected chi connectivity index (χ2v) is 4.56. The first kappa shape index (κ1) is 14.5. The van der Waals surface area contributed by atoms with E-state index in [1.165, 1.54) is 5.56 Å². The molecule has 2 N–H and O–H groups in total. The van der Waals surface area contributed by atoms with Gasteiger partial charge in [0, 0.05) is 25.2 Å². The third-order valence-corrected chi connectivity index (χ3v) is 2.76. The lowest BCUT2D eigenvalue weighted by Gasteiger charge is -2.12. The van der Waals surface area contributed by atoms with Crippen LogP contribution in [0, 0.1) is 20.8 Å². The Morgan fingerprint density at radius 1 is 1.28 bits per heavy atom. The topological polar surface area (TPSA) is 41.1 Å². The van der Waals surface area contributed by atoms with E-state index in [2.05, 4.69) is 36.3 Å². The fourth-order valence-corrected chi connectivity index (χ4v) is 1.99.